The molecule has 4 nitrogen and oxygen atoms in total. The number of aliphatic hydroxyl groups is 2. The summed E-state index contributed by atoms with van der Waals surface area (Å²) in [6.07, 6.45) is 0.432. The maximum absolute atomic E-state index is 10.5. The first-order valence-corrected chi connectivity index (χ1v) is 3.61. The molecule has 0 aliphatic rings. The van der Waals surface area contributed by atoms with Gasteiger partial charge >= 0.3 is 5.97 Å². The fraction of sp³-hybridized carbons (Fsp3) is 0.857. The average molecular weight is 162 g/mol. The Bertz CT molecular complexity index is 120. The van der Waals surface area contributed by atoms with Crippen molar-refractivity contribution in [2.75, 3.05) is 13.2 Å². The molecule has 4 heteroatoms. The summed E-state index contributed by atoms with van der Waals surface area (Å²) in [5, 5.41) is 25.9. The SMILES string of the molecule is CCC(C(=O)O)C(CO)CO. The summed E-state index contributed by atoms with van der Waals surface area (Å²) in [6.45, 7) is 1.17. The second-order valence-corrected chi connectivity index (χ2v) is 2.48. The van der Waals surface area contributed by atoms with Gasteiger partial charge in [-0.05, 0) is 6.42 Å². The van der Waals surface area contributed by atoms with Gasteiger partial charge in [0.25, 0.3) is 0 Å². The van der Waals surface area contributed by atoms with Crippen LogP contribution >= 0.6 is 0 Å². The summed E-state index contributed by atoms with van der Waals surface area (Å²) in [4.78, 5) is 10.5. The predicted molar refractivity (Wildman–Crippen MR) is 39.1 cm³/mol. The maximum Gasteiger partial charge on any atom is 0.306 e. The molecule has 0 rings (SSSR count). The van der Waals surface area contributed by atoms with E-state index in [1.54, 1.807) is 6.92 Å². The van der Waals surface area contributed by atoms with Crippen LogP contribution in [-0.2, 0) is 4.79 Å². The molecule has 1 atom stereocenters. The van der Waals surface area contributed by atoms with E-state index in [2.05, 4.69) is 0 Å². The smallest absolute Gasteiger partial charge is 0.306 e. The van der Waals surface area contributed by atoms with E-state index in [-0.39, 0.29) is 13.2 Å². The van der Waals surface area contributed by atoms with Gasteiger partial charge in [-0.1, -0.05) is 6.92 Å². The first-order chi connectivity index (χ1) is 5.17. The minimum Gasteiger partial charge on any atom is -0.481 e. The molecular weight excluding hydrogens is 148 g/mol. The Morgan fingerprint density at radius 2 is 1.82 bits per heavy atom. The van der Waals surface area contributed by atoms with Crippen molar-refractivity contribution in [3.63, 3.8) is 0 Å². The van der Waals surface area contributed by atoms with Gasteiger partial charge in [0.1, 0.15) is 0 Å². The van der Waals surface area contributed by atoms with Crippen LogP contribution in [-0.4, -0.2) is 34.5 Å². The minimum atomic E-state index is -0.958. The standard InChI is InChI=1S/C7H14O4/c1-2-6(7(10)11)5(3-8)4-9/h5-6,8-9H,2-4H2,1H3,(H,10,11). The molecule has 0 amide bonds. The number of aliphatic hydroxyl groups excluding tert-OH is 2. The lowest BCUT2D eigenvalue weighted by Gasteiger charge is -2.17. The van der Waals surface area contributed by atoms with Crippen LogP contribution in [0.15, 0.2) is 0 Å². The van der Waals surface area contributed by atoms with E-state index in [0.29, 0.717) is 6.42 Å². The maximum atomic E-state index is 10.5. The number of hydrogen-bond acceptors (Lipinski definition) is 3. The zero-order valence-electron chi connectivity index (χ0n) is 6.53. The molecule has 0 saturated heterocycles. The lowest BCUT2D eigenvalue weighted by Crippen LogP contribution is -2.28. The van der Waals surface area contributed by atoms with E-state index >= 15 is 0 Å². The number of rotatable bonds is 5. The molecule has 11 heavy (non-hydrogen) atoms. The fourth-order valence-electron chi connectivity index (χ4n) is 1.02. The van der Waals surface area contributed by atoms with Crippen molar-refractivity contribution < 1.29 is 20.1 Å². The summed E-state index contributed by atoms with van der Waals surface area (Å²) in [6, 6.07) is 0. The molecular formula is C7H14O4. The summed E-state index contributed by atoms with van der Waals surface area (Å²) >= 11 is 0. The minimum absolute atomic E-state index is 0.276. The summed E-state index contributed by atoms with van der Waals surface area (Å²) in [7, 11) is 0. The Balaban J connectivity index is 4.09. The third-order valence-corrected chi connectivity index (χ3v) is 1.80. The first kappa shape index (κ1) is 10.4. The lowest BCUT2D eigenvalue weighted by atomic mass is 9.91. The van der Waals surface area contributed by atoms with E-state index < -0.39 is 17.8 Å². The van der Waals surface area contributed by atoms with Crippen LogP contribution in [0.3, 0.4) is 0 Å². The van der Waals surface area contributed by atoms with Gasteiger partial charge in [-0.25, -0.2) is 0 Å². The number of carbonyl (C=O) groups is 1. The van der Waals surface area contributed by atoms with Crippen LogP contribution in [0.4, 0.5) is 0 Å². The Hall–Kier alpha value is -0.610. The van der Waals surface area contributed by atoms with E-state index in [0.717, 1.165) is 0 Å². The molecule has 0 fully saturated rings. The fourth-order valence-corrected chi connectivity index (χ4v) is 1.02. The van der Waals surface area contributed by atoms with Crippen molar-refractivity contribution in [3.8, 4) is 0 Å². The third-order valence-electron chi connectivity index (χ3n) is 1.80. The molecule has 0 aromatic rings. The van der Waals surface area contributed by atoms with Crippen LogP contribution in [0.2, 0.25) is 0 Å². The van der Waals surface area contributed by atoms with Gasteiger partial charge in [-0.15, -0.1) is 0 Å². The van der Waals surface area contributed by atoms with E-state index in [4.69, 9.17) is 15.3 Å². The zero-order valence-corrected chi connectivity index (χ0v) is 6.53. The van der Waals surface area contributed by atoms with Gasteiger partial charge in [0, 0.05) is 19.1 Å². The van der Waals surface area contributed by atoms with E-state index in [1.807, 2.05) is 0 Å². The van der Waals surface area contributed by atoms with Gasteiger partial charge in [0.2, 0.25) is 0 Å². The highest BCUT2D eigenvalue weighted by Gasteiger charge is 2.24. The van der Waals surface area contributed by atoms with Crippen LogP contribution in [0.1, 0.15) is 13.3 Å². The van der Waals surface area contributed by atoms with Crippen LogP contribution < -0.4 is 0 Å². The second kappa shape index (κ2) is 5.09. The summed E-state index contributed by atoms with van der Waals surface area (Å²) in [5.74, 6) is -2.12. The summed E-state index contributed by atoms with van der Waals surface area (Å²) in [5.41, 5.74) is 0. The van der Waals surface area contributed by atoms with Crippen LogP contribution in [0.5, 0.6) is 0 Å². The van der Waals surface area contributed by atoms with E-state index in [1.165, 1.54) is 0 Å². The normalized spacial score (nSPS) is 13.5. The van der Waals surface area contributed by atoms with Crippen molar-refractivity contribution in [2.45, 2.75) is 13.3 Å². The highest BCUT2D eigenvalue weighted by atomic mass is 16.4. The van der Waals surface area contributed by atoms with Gasteiger partial charge in [-0.2, -0.15) is 0 Å². The monoisotopic (exact) mass is 162 g/mol. The molecule has 0 aliphatic heterocycles. The lowest BCUT2D eigenvalue weighted by molar-refractivity contribution is -0.145. The highest BCUT2D eigenvalue weighted by Crippen LogP contribution is 2.14. The van der Waals surface area contributed by atoms with Crippen molar-refractivity contribution in [2.24, 2.45) is 11.8 Å². The van der Waals surface area contributed by atoms with Crippen molar-refractivity contribution in [1.29, 1.82) is 0 Å². The van der Waals surface area contributed by atoms with Crippen molar-refractivity contribution in [3.05, 3.63) is 0 Å². The van der Waals surface area contributed by atoms with Gasteiger partial charge < -0.3 is 15.3 Å². The zero-order chi connectivity index (χ0) is 8.85. The number of carboxylic acids is 1. The predicted octanol–water partition coefficient (Wildman–Crippen LogP) is -0.302. The Kier molecular flexibility index (Phi) is 4.81. The molecule has 0 radical (unpaired) electrons. The molecule has 0 heterocycles. The largest absolute Gasteiger partial charge is 0.481 e. The van der Waals surface area contributed by atoms with Crippen LogP contribution in [0, 0.1) is 11.8 Å². The summed E-state index contributed by atoms with van der Waals surface area (Å²) < 4.78 is 0. The number of aliphatic carboxylic acids is 1. The molecule has 3 N–H and O–H groups in total. The molecule has 66 valence electrons. The van der Waals surface area contributed by atoms with Gasteiger partial charge in [-0.3, -0.25) is 4.79 Å². The Morgan fingerprint density at radius 3 is 1.91 bits per heavy atom. The molecule has 1 unspecified atom stereocenters. The van der Waals surface area contributed by atoms with Crippen LogP contribution in [0.25, 0.3) is 0 Å². The molecule has 0 aromatic heterocycles. The van der Waals surface area contributed by atoms with Crippen molar-refractivity contribution >= 4 is 5.97 Å². The first-order valence-electron chi connectivity index (χ1n) is 3.61. The quantitative estimate of drug-likeness (QED) is 0.518. The Morgan fingerprint density at radius 1 is 1.36 bits per heavy atom. The topological polar surface area (TPSA) is 77.8 Å². The number of carboxylic acid groups (broad SMARTS) is 1. The van der Waals surface area contributed by atoms with Crippen molar-refractivity contribution in [1.82, 2.24) is 0 Å². The third kappa shape index (κ3) is 2.86. The molecule has 0 saturated carbocycles. The second-order valence-electron chi connectivity index (χ2n) is 2.48. The average Bonchev–Trinajstić information content (AvgIpc) is 1.99. The van der Waals surface area contributed by atoms with Gasteiger partial charge in [0.05, 0.1) is 5.92 Å². The highest BCUT2D eigenvalue weighted by molar-refractivity contribution is 5.70. The molecule has 0 bridgehead atoms. The number of hydrogen-bond donors (Lipinski definition) is 3. The molecule has 0 spiro atoms. The Labute approximate surface area is 65.5 Å². The molecule has 0 aromatic carbocycles. The van der Waals surface area contributed by atoms with Gasteiger partial charge in [0.15, 0.2) is 0 Å². The van der Waals surface area contributed by atoms with E-state index in [9.17, 15) is 4.79 Å². The molecule has 0 aliphatic carbocycles.